The first kappa shape index (κ1) is 19.0. The van der Waals surface area contributed by atoms with Gasteiger partial charge in [-0.25, -0.2) is 4.79 Å². The molecular formula is C17H17F3O5. The maximum absolute atomic E-state index is 12.7. The molecule has 25 heavy (non-hydrogen) atoms. The van der Waals surface area contributed by atoms with Crippen LogP contribution in [0.1, 0.15) is 30.4 Å². The number of ether oxygens (including phenoxy) is 2. The predicted octanol–water partition coefficient (Wildman–Crippen LogP) is 3.29. The first-order chi connectivity index (χ1) is 11.6. The van der Waals surface area contributed by atoms with Crippen molar-refractivity contribution in [2.24, 2.45) is 0 Å². The highest BCUT2D eigenvalue weighted by Gasteiger charge is 2.39. The minimum Gasteiger partial charge on any atom is -0.478 e. The quantitative estimate of drug-likeness (QED) is 0.646. The number of aliphatic carboxylic acids is 1. The van der Waals surface area contributed by atoms with Crippen LogP contribution in [0.2, 0.25) is 0 Å². The molecule has 1 fully saturated rings. The van der Waals surface area contributed by atoms with E-state index in [0.717, 1.165) is 12.1 Å². The summed E-state index contributed by atoms with van der Waals surface area (Å²) in [5.41, 5.74) is -1.85. The number of carboxylic acids is 1. The van der Waals surface area contributed by atoms with Gasteiger partial charge in [0.2, 0.25) is 0 Å². The molecule has 0 saturated carbocycles. The van der Waals surface area contributed by atoms with Crippen LogP contribution < -0.4 is 0 Å². The Balaban J connectivity index is 2.24. The van der Waals surface area contributed by atoms with Crippen molar-refractivity contribution in [3.63, 3.8) is 0 Å². The highest BCUT2D eigenvalue weighted by atomic mass is 19.4. The van der Waals surface area contributed by atoms with Gasteiger partial charge in [-0.05, 0) is 17.7 Å². The van der Waals surface area contributed by atoms with E-state index in [9.17, 15) is 22.8 Å². The number of alkyl halides is 3. The lowest BCUT2D eigenvalue weighted by atomic mass is 9.85. The van der Waals surface area contributed by atoms with Gasteiger partial charge in [0.15, 0.2) is 0 Å². The molecule has 1 saturated heterocycles. The normalized spacial score (nSPS) is 16.9. The lowest BCUT2D eigenvalue weighted by Gasteiger charge is -2.37. The third kappa shape index (κ3) is 4.60. The molecule has 136 valence electrons. The van der Waals surface area contributed by atoms with Gasteiger partial charge in [0, 0.05) is 18.4 Å². The van der Waals surface area contributed by atoms with Crippen molar-refractivity contribution in [2.45, 2.75) is 31.0 Å². The Morgan fingerprint density at radius 3 is 2.24 bits per heavy atom. The summed E-state index contributed by atoms with van der Waals surface area (Å²) >= 11 is 0. The second kappa shape index (κ2) is 7.26. The molecule has 1 aliphatic heterocycles. The molecule has 1 heterocycles. The summed E-state index contributed by atoms with van der Waals surface area (Å²) < 4.78 is 48.9. The van der Waals surface area contributed by atoms with E-state index in [1.807, 2.05) is 0 Å². The fourth-order valence-corrected chi connectivity index (χ4v) is 2.62. The van der Waals surface area contributed by atoms with Gasteiger partial charge in [-0.3, -0.25) is 4.79 Å². The van der Waals surface area contributed by atoms with Crippen LogP contribution in [0.4, 0.5) is 13.2 Å². The number of carbonyl (C=O) groups is 2. The first-order valence-electron chi connectivity index (χ1n) is 7.52. The van der Waals surface area contributed by atoms with Gasteiger partial charge < -0.3 is 14.6 Å². The van der Waals surface area contributed by atoms with Gasteiger partial charge in [0.25, 0.3) is 0 Å². The molecule has 5 nitrogen and oxygen atoms in total. The Morgan fingerprint density at radius 2 is 1.76 bits per heavy atom. The number of carbonyl (C=O) groups excluding carboxylic acids is 1. The number of benzene rings is 1. The lowest BCUT2D eigenvalue weighted by Crippen LogP contribution is -2.38. The minimum absolute atomic E-state index is 0.268. The second-order valence-electron chi connectivity index (χ2n) is 5.74. The summed E-state index contributed by atoms with van der Waals surface area (Å²) in [6.07, 6.45) is -4.43. The summed E-state index contributed by atoms with van der Waals surface area (Å²) in [5.74, 6) is -2.11. The van der Waals surface area contributed by atoms with Gasteiger partial charge in [0.1, 0.15) is 5.60 Å². The van der Waals surface area contributed by atoms with Crippen molar-refractivity contribution >= 4 is 11.9 Å². The summed E-state index contributed by atoms with van der Waals surface area (Å²) in [6.45, 7) is 3.82. The lowest BCUT2D eigenvalue weighted by molar-refractivity contribution is -0.171. The number of halogens is 3. The van der Waals surface area contributed by atoms with Gasteiger partial charge in [-0.2, -0.15) is 13.2 Å². The Bertz CT molecular complexity index is 658. The molecule has 1 N–H and O–H groups in total. The third-order valence-corrected chi connectivity index (χ3v) is 4.01. The molecule has 1 aromatic rings. The van der Waals surface area contributed by atoms with Gasteiger partial charge in [0.05, 0.1) is 25.2 Å². The molecule has 0 amide bonds. The van der Waals surface area contributed by atoms with Gasteiger partial charge in [-0.15, -0.1) is 0 Å². The molecule has 0 radical (unpaired) electrons. The van der Waals surface area contributed by atoms with Crippen LogP contribution in [0.3, 0.4) is 0 Å². The first-order valence-corrected chi connectivity index (χ1v) is 7.52. The molecule has 0 atom stereocenters. The van der Waals surface area contributed by atoms with Crippen LogP contribution in [0, 0.1) is 0 Å². The topological polar surface area (TPSA) is 72.8 Å². The molecule has 8 heteroatoms. The van der Waals surface area contributed by atoms with E-state index < -0.39 is 35.7 Å². The molecular weight excluding hydrogens is 341 g/mol. The molecule has 0 aromatic heterocycles. The van der Waals surface area contributed by atoms with E-state index >= 15 is 0 Å². The zero-order valence-electron chi connectivity index (χ0n) is 13.3. The molecule has 0 unspecified atom stereocenters. The predicted molar refractivity (Wildman–Crippen MR) is 80.7 cm³/mol. The minimum atomic E-state index is -4.46. The zero-order chi connectivity index (χ0) is 18.7. The van der Waals surface area contributed by atoms with Gasteiger partial charge in [-0.1, -0.05) is 18.7 Å². The Hall–Kier alpha value is -2.35. The highest BCUT2D eigenvalue weighted by molar-refractivity contribution is 5.91. The fraction of sp³-hybridized carbons (Fsp3) is 0.412. The third-order valence-electron chi connectivity index (χ3n) is 4.01. The molecule has 1 aliphatic rings. The molecule has 2 rings (SSSR count). The smallest absolute Gasteiger partial charge is 0.416 e. The SMILES string of the molecule is C=C(CC(=O)OC1(c2ccc(C(F)(F)F)cc2)CCOCC1)C(=O)O. The van der Waals surface area contributed by atoms with E-state index in [0.29, 0.717) is 5.56 Å². The highest BCUT2D eigenvalue weighted by Crippen LogP contribution is 2.38. The van der Waals surface area contributed by atoms with Crippen molar-refractivity contribution in [1.29, 1.82) is 0 Å². The largest absolute Gasteiger partial charge is 0.478 e. The van der Waals surface area contributed by atoms with E-state index in [4.69, 9.17) is 14.6 Å². The van der Waals surface area contributed by atoms with E-state index in [1.165, 1.54) is 12.1 Å². The van der Waals surface area contributed by atoms with Gasteiger partial charge >= 0.3 is 18.1 Å². The molecule has 0 aliphatic carbocycles. The Labute approximate surface area is 142 Å². The van der Waals surface area contributed by atoms with Crippen molar-refractivity contribution in [1.82, 2.24) is 0 Å². The van der Waals surface area contributed by atoms with Crippen LogP contribution in [0.5, 0.6) is 0 Å². The van der Waals surface area contributed by atoms with Crippen LogP contribution >= 0.6 is 0 Å². The van der Waals surface area contributed by atoms with E-state index in [2.05, 4.69) is 6.58 Å². The summed E-state index contributed by atoms with van der Waals surface area (Å²) in [7, 11) is 0. The summed E-state index contributed by atoms with van der Waals surface area (Å²) in [5, 5.41) is 8.79. The Morgan fingerprint density at radius 1 is 1.20 bits per heavy atom. The maximum atomic E-state index is 12.7. The second-order valence-corrected chi connectivity index (χ2v) is 5.74. The number of hydrogen-bond acceptors (Lipinski definition) is 4. The summed E-state index contributed by atoms with van der Waals surface area (Å²) in [4.78, 5) is 22.8. The average molecular weight is 358 g/mol. The maximum Gasteiger partial charge on any atom is 0.416 e. The molecule has 0 spiro atoms. The number of hydrogen-bond donors (Lipinski definition) is 1. The van der Waals surface area contributed by atoms with Crippen LogP contribution in [-0.4, -0.2) is 30.3 Å². The summed E-state index contributed by atoms with van der Waals surface area (Å²) in [6, 6.07) is 4.40. The Kier molecular flexibility index (Phi) is 5.52. The van der Waals surface area contributed by atoms with E-state index in [-0.39, 0.29) is 31.6 Å². The van der Waals surface area contributed by atoms with Crippen LogP contribution in [0.25, 0.3) is 0 Å². The average Bonchev–Trinajstić information content (AvgIpc) is 2.54. The fourth-order valence-electron chi connectivity index (χ4n) is 2.62. The number of carboxylic acid groups (broad SMARTS) is 1. The number of rotatable bonds is 5. The standard InChI is InChI=1S/C17H17F3O5/c1-11(15(22)23)10-14(21)25-16(6-8-24-9-7-16)12-2-4-13(5-3-12)17(18,19)20/h2-5H,1,6-10H2,(H,22,23). The zero-order valence-corrected chi connectivity index (χ0v) is 13.3. The monoisotopic (exact) mass is 358 g/mol. The van der Waals surface area contributed by atoms with Crippen molar-refractivity contribution in [3.8, 4) is 0 Å². The van der Waals surface area contributed by atoms with Crippen molar-refractivity contribution < 1.29 is 37.3 Å². The van der Waals surface area contributed by atoms with Crippen molar-refractivity contribution in [2.75, 3.05) is 13.2 Å². The van der Waals surface area contributed by atoms with E-state index in [1.54, 1.807) is 0 Å². The molecule has 1 aromatic carbocycles. The molecule has 0 bridgehead atoms. The van der Waals surface area contributed by atoms with Crippen LogP contribution in [-0.2, 0) is 30.8 Å². The van der Waals surface area contributed by atoms with Crippen LogP contribution in [0.15, 0.2) is 36.4 Å². The van der Waals surface area contributed by atoms with Crippen molar-refractivity contribution in [3.05, 3.63) is 47.5 Å². The number of esters is 1.